The number of benzene rings is 1. The minimum absolute atomic E-state index is 0.411. The maximum atomic E-state index is 12.0. The van der Waals surface area contributed by atoms with E-state index in [1.54, 1.807) is 0 Å². The number of carbonyl (C=O) groups is 1. The molecule has 0 N–H and O–H groups in total. The second-order valence-electron chi connectivity index (χ2n) is 7.05. The van der Waals surface area contributed by atoms with Crippen LogP contribution in [0.4, 0.5) is 5.69 Å². The number of ketones is 1. The molecular weight excluding hydrogens is 284 g/mol. The molecule has 1 aromatic carbocycles. The lowest BCUT2D eigenvalue weighted by Crippen LogP contribution is -2.35. The van der Waals surface area contributed by atoms with Crippen LogP contribution in [0.3, 0.4) is 0 Å². The lowest BCUT2D eigenvalue weighted by Gasteiger charge is -2.35. The molecule has 3 rings (SSSR count). The molecule has 3 nitrogen and oxygen atoms in total. The summed E-state index contributed by atoms with van der Waals surface area (Å²) in [4.78, 5) is 14.2. The number of nitriles is 1. The van der Waals surface area contributed by atoms with Crippen molar-refractivity contribution in [1.29, 1.82) is 5.26 Å². The molecule has 0 aliphatic heterocycles. The van der Waals surface area contributed by atoms with Gasteiger partial charge < -0.3 is 4.90 Å². The van der Waals surface area contributed by atoms with Crippen LogP contribution in [-0.2, 0) is 4.79 Å². The maximum Gasteiger partial charge on any atom is 0.133 e. The zero-order valence-corrected chi connectivity index (χ0v) is 14.0. The molecule has 23 heavy (non-hydrogen) atoms. The fraction of sp³-hybridized carbons (Fsp3) is 0.500. The first-order chi connectivity index (χ1) is 11.1. The summed E-state index contributed by atoms with van der Waals surface area (Å²) in [7, 11) is 0. The van der Waals surface area contributed by atoms with Crippen LogP contribution >= 0.6 is 0 Å². The highest BCUT2D eigenvalue weighted by Gasteiger charge is 2.51. The van der Waals surface area contributed by atoms with Crippen molar-refractivity contribution in [2.45, 2.75) is 46.0 Å². The fourth-order valence-corrected chi connectivity index (χ4v) is 3.91. The SMILES string of the molecule is C/C=C\N(CC1CC(=O)CCC12CC2)c1cc(C#N)ccc1C. The molecule has 1 spiro atoms. The third kappa shape index (κ3) is 3.17. The van der Waals surface area contributed by atoms with E-state index in [0.29, 0.717) is 29.1 Å². The number of rotatable bonds is 4. The van der Waals surface area contributed by atoms with E-state index in [2.05, 4.69) is 24.1 Å². The summed E-state index contributed by atoms with van der Waals surface area (Å²) in [6, 6.07) is 8.05. The molecule has 2 fully saturated rings. The highest BCUT2D eigenvalue weighted by molar-refractivity contribution is 5.80. The summed E-state index contributed by atoms with van der Waals surface area (Å²) in [5.74, 6) is 0.848. The number of aryl methyl sites for hydroxylation is 1. The van der Waals surface area contributed by atoms with E-state index in [1.807, 2.05) is 31.2 Å². The van der Waals surface area contributed by atoms with E-state index in [-0.39, 0.29) is 0 Å². The Morgan fingerprint density at radius 2 is 2.17 bits per heavy atom. The Balaban J connectivity index is 1.88. The fourth-order valence-electron chi connectivity index (χ4n) is 3.91. The molecule has 2 saturated carbocycles. The maximum absolute atomic E-state index is 12.0. The quantitative estimate of drug-likeness (QED) is 0.830. The molecule has 0 saturated heterocycles. The minimum atomic E-state index is 0.411. The van der Waals surface area contributed by atoms with Gasteiger partial charge >= 0.3 is 0 Å². The van der Waals surface area contributed by atoms with E-state index in [9.17, 15) is 10.1 Å². The van der Waals surface area contributed by atoms with Crippen molar-refractivity contribution in [3.05, 3.63) is 41.6 Å². The number of anilines is 1. The zero-order valence-electron chi connectivity index (χ0n) is 14.0. The third-order valence-corrected chi connectivity index (χ3v) is 5.53. The van der Waals surface area contributed by atoms with E-state index in [4.69, 9.17) is 0 Å². The molecular formula is C20H24N2O. The highest BCUT2D eigenvalue weighted by Crippen LogP contribution is 2.59. The lowest BCUT2D eigenvalue weighted by molar-refractivity contribution is -0.123. The molecule has 0 heterocycles. The van der Waals surface area contributed by atoms with Gasteiger partial charge in [0, 0.05) is 25.1 Å². The normalized spacial score (nSPS) is 22.3. The van der Waals surface area contributed by atoms with E-state index in [0.717, 1.165) is 30.6 Å². The van der Waals surface area contributed by atoms with Crippen molar-refractivity contribution in [1.82, 2.24) is 0 Å². The Morgan fingerprint density at radius 3 is 2.83 bits per heavy atom. The molecule has 2 aliphatic carbocycles. The van der Waals surface area contributed by atoms with Gasteiger partial charge in [0.15, 0.2) is 0 Å². The van der Waals surface area contributed by atoms with Crippen molar-refractivity contribution in [2.75, 3.05) is 11.4 Å². The van der Waals surface area contributed by atoms with E-state index < -0.39 is 0 Å². The predicted molar refractivity (Wildman–Crippen MR) is 92.1 cm³/mol. The Kier molecular flexibility index (Phi) is 4.26. The molecule has 0 bridgehead atoms. The minimum Gasteiger partial charge on any atom is -0.348 e. The van der Waals surface area contributed by atoms with Gasteiger partial charge in [-0.25, -0.2) is 0 Å². The van der Waals surface area contributed by atoms with Gasteiger partial charge in [0.1, 0.15) is 5.78 Å². The van der Waals surface area contributed by atoms with Crippen LogP contribution < -0.4 is 4.90 Å². The second-order valence-corrected chi connectivity index (χ2v) is 7.05. The molecule has 1 unspecified atom stereocenters. The van der Waals surface area contributed by atoms with Crippen LogP contribution in [0.1, 0.15) is 50.2 Å². The van der Waals surface area contributed by atoms with E-state index >= 15 is 0 Å². The van der Waals surface area contributed by atoms with Gasteiger partial charge in [-0.1, -0.05) is 12.1 Å². The average molecular weight is 308 g/mol. The smallest absolute Gasteiger partial charge is 0.133 e. The molecule has 2 aliphatic rings. The number of hydrogen-bond donors (Lipinski definition) is 0. The van der Waals surface area contributed by atoms with Crippen LogP contribution in [0.2, 0.25) is 0 Å². The van der Waals surface area contributed by atoms with Crippen LogP contribution in [0.5, 0.6) is 0 Å². The number of nitrogens with zero attached hydrogens (tertiary/aromatic N) is 2. The molecule has 0 aromatic heterocycles. The molecule has 0 radical (unpaired) electrons. The summed E-state index contributed by atoms with van der Waals surface area (Å²) in [5.41, 5.74) is 3.33. The predicted octanol–water partition coefficient (Wildman–Crippen LogP) is 4.36. The van der Waals surface area contributed by atoms with Gasteiger partial charge in [-0.15, -0.1) is 0 Å². The van der Waals surface area contributed by atoms with Gasteiger partial charge in [-0.3, -0.25) is 4.79 Å². The Hall–Kier alpha value is -2.08. The summed E-state index contributed by atoms with van der Waals surface area (Å²) in [6.45, 7) is 4.95. The Labute approximate surface area is 138 Å². The summed E-state index contributed by atoms with van der Waals surface area (Å²) in [5, 5.41) is 9.18. The lowest BCUT2D eigenvalue weighted by atomic mass is 9.75. The molecule has 0 amide bonds. The topological polar surface area (TPSA) is 44.1 Å². The number of Topliss-reactive ketones (excluding diaryl/α,β-unsaturated/α-hetero) is 1. The van der Waals surface area contributed by atoms with Gasteiger partial charge in [-0.05, 0) is 68.3 Å². The largest absolute Gasteiger partial charge is 0.348 e. The second kappa shape index (κ2) is 6.20. The van der Waals surface area contributed by atoms with Gasteiger partial charge in [0.2, 0.25) is 0 Å². The number of allylic oxidation sites excluding steroid dienone is 1. The van der Waals surface area contributed by atoms with Crippen molar-refractivity contribution >= 4 is 11.5 Å². The summed E-state index contributed by atoms with van der Waals surface area (Å²) >= 11 is 0. The molecule has 1 aromatic rings. The monoisotopic (exact) mass is 308 g/mol. The van der Waals surface area contributed by atoms with Crippen molar-refractivity contribution in [3.63, 3.8) is 0 Å². The van der Waals surface area contributed by atoms with Crippen molar-refractivity contribution < 1.29 is 4.79 Å². The first-order valence-corrected chi connectivity index (χ1v) is 8.50. The Bertz CT molecular complexity index is 679. The highest BCUT2D eigenvalue weighted by atomic mass is 16.1. The van der Waals surface area contributed by atoms with Gasteiger partial charge in [0.05, 0.1) is 11.6 Å². The average Bonchev–Trinajstić information content (AvgIpc) is 3.32. The Morgan fingerprint density at radius 1 is 1.39 bits per heavy atom. The van der Waals surface area contributed by atoms with E-state index in [1.165, 1.54) is 12.8 Å². The molecule has 1 atom stereocenters. The van der Waals surface area contributed by atoms with Crippen LogP contribution in [0.15, 0.2) is 30.5 Å². The summed E-state index contributed by atoms with van der Waals surface area (Å²) < 4.78 is 0. The van der Waals surface area contributed by atoms with Gasteiger partial charge in [0.25, 0.3) is 0 Å². The molecule has 3 heteroatoms. The van der Waals surface area contributed by atoms with Crippen LogP contribution in [0.25, 0.3) is 0 Å². The number of hydrogen-bond acceptors (Lipinski definition) is 3. The van der Waals surface area contributed by atoms with Crippen LogP contribution in [-0.4, -0.2) is 12.3 Å². The third-order valence-electron chi connectivity index (χ3n) is 5.53. The first-order valence-electron chi connectivity index (χ1n) is 8.50. The molecule has 120 valence electrons. The zero-order chi connectivity index (χ0) is 16.4. The first kappa shape index (κ1) is 15.8. The standard InChI is InChI=1S/C20H24N2O/c1-3-10-22(19-11-16(13-21)5-4-15(19)2)14-17-12-18(23)6-7-20(17)8-9-20/h3-5,10-11,17H,6-9,12,14H2,1-2H3/b10-3-. The van der Waals surface area contributed by atoms with Crippen LogP contribution in [0, 0.1) is 29.6 Å². The van der Waals surface area contributed by atoms with Crippen molar-refractivity contribution in [3.8, 4) is 6.07 Å². The van der Waals surface area contributed by atoms with Gasteiger partial charge in [-0.2, -0.15) is 5.26 Å². The van der Waals surface area contributed by atoms with Crippen molar-refractivity contribution in [2.24, 2.45) is 11.3 Å². The number of carbonyl (C=O) groups excluding carboxylic acids is 1. The summed E-state index contributed by atoms with van der Waals surface area (Å²) in [6.07, 6.45) is 9.20.